The van der Waals surface area contributed by atoms with Gasteiger partial charge >= 0.3 is 6.03 Å². The predicted octanol–water partition coefficient (Wildman–Crippen LogP) is 4.09. The van der Waals surface area contributed by atoms with Gasteiger partial charge in [0.1, 0.15) is 5.82 Å². The highest BCUT2D eigenvalue weighted by molar-refractivity contribution is 6.40. The van der Waals surface area contributed by atoms with Gasteiger partial charge in [0.25, 0.3) is 5.91 Å². The van der Waals surface area contributed by atoms with E-state index in [1.165, 1.54) is 30.3 Å². The number of anilines is 1. The minimum atomic E-state index is -0.818. The molecule has 2 aromatic carbocycles. The van der Waals surface area contributed by atoms with Gasteiger partial charge in [0, 0.05) is 5.69 Å². The highest BCUT2D eigenvalue weighted by Gasteiger charge is 2.17. The predicted molar refractivity (Wildman–Crippen MR) is 79.3 cm³/mol. The van der Waals surface area contributed by atoms with Gasteiger partial charge in [-0.1, -0.05) is 35.3 Å². The van der Waals surface area contributed by atoms with Crippen molar-refractivity contribution in [1.29, 1.82) is 0 Å². The van der Waals surface area contributed by atoms with E-state index in [1.54, 1.807) is 6.07 Å². The second kappa shape index (κ2) is 6.56. The minimum absolute atomic E-state index is 0.00442. The van der Waals surface area contributed by atoms with Crippen LogP contribution >= 0.6 is 23.2 Å². The zero-order chi connectivity index (χ0) is 15.4. The van der Waals surface area contributed by atoms with E-state index < -0.39 is 17.8 Å². The fourth-order valence-electron chi connectivity index (χ4n) is 1.61. The zero-order valence-electron chi connectivity index (χ0n) is 10.5. The molecule has 0 unspecified atom stereocenters. The fourth-order valence-corrected chi connectivity index (χ4v) is 2.18. The molecule has 4 nitrogen and oxygen atoms in total. The molecule has 7 heteroatoms. The first-order valence-electron chi connectivity index (χ1n) is 5.79. The third kappa shape index (κ3) is 3.93. The summed E-state index contributed by atoms with van der Waals surface area (Å²) in [5.74, 6) is -1.26. The third-order valence-corrected chi connectivity index (χ3v) is 3.13. The molecule has 21 heavy (non-hydrogen) atoms. The van der Waals surface area contributed by atoms with Crippen LogP contribution in [0.3, 0.4) is 0 Å². The Labute approximate surface area is 129 Å². The van der Waals surface area contributed by atoms with Crippen molar-refractivity contribution in [2.24, 2.45) is 0 Å². The Morgan fingerprint density at radius 3 is 2.24 bits per heavy atom. The SMILES string of the molecule is O=C(NC(=O)c1c(Cl)cccc1Cl)Nc1cccc(F)c1. The molecule has 0 fully saturated rings. The molecule has 0 aliphatic heterocycles. The molecule has 2 rings (SSSR count). The van der Waals surface area contributed by atoms with Crippen LogP contribution in [0.4, 0.5) is 14.9 Å². The molecule has 3 amide bonds. The largest absolute Gasteiger partial charge is 0.326 e. The molecule has 0 aliphatic rings. The Balaban J connectivity index is 2.08. The first kappa shape index (κ1) is 15.3. The van der Waals surface area contributed by atoms with Crippen LogP contribution < -0.4 is 10.6 Å². The Morgan fingerprint density at radius 2 is 1.62 bits per heavy atom. The molecule has 0 aromatic heterocycles. The normalized spacial score (nSPS) is 10.0. The van der Waals surface area contributed by atoms with E-state index >= 15 is 0 Å². The van der Waals surface area contributed by atoms with Gasteiger partial charge in [-0.2, -0.15) is 0 Å². The van der Waals surface area contributed by atoms with E-state index in [9.17, 15) is 14.0 Å². The Morgan fingerprint density at radius 1 is 1.00 bits per heavy atom. The molecular weight excluding hydrogens is 318 g/mol. The third-order valence-electron chi connectivity index (χ3n) is 2.50. The van der Waals surface area contributed by atoms with Crippen molar-refractivity contribution in [3.63, 3.8) is 0 Å². The summed E-state index contributed by atoms with van der Waals surface area (Å²) >= 11 is 11.7. The van der Waals surface area contributed by atoms with Gasteiger partial charge in [-0.05, 0) is 30.3 Å². The number of halogens is 3. The molecule has 2 aromatic rings. The lowest BCUT2D eigenvalue weighted by atomic mass is 10.2. The lowest BCUT2D eigenvalue weighted by Crippen LogP contribution is -2.34. The van der Waals surface area contributed by atoms with Gasteiger partial charge in [0.05, 0.1) is 15.6 Å². The average Bonchev–Trinajstić information content (AvgIpc) is 2.38. The van der Waals surface area contributed by atoms with E-state index in [4.69, 9.17) is 23.2 Å². The van der Waals surface area contributed by atoms with Crippen LogP contribution in [-0.4, -0.2) is 11.9 Å². The van der Waals surface area contributed by atoms with Gasteiger partial charge in [-0.25, -0.2) is 9.18 Å². The minimum Gasteiger partial charge on any atom is -0.308 e. The quantitative estimate of drug-likeness (QED) is 0.873. The van der Waals surface area contributed by atoms with Gasteiger partial charge in [0.2, 0.25) is 0 Å². The van der Waals surface area contributed by atoms with Crippen molar-refractivity contribution >= 4 is 40.8 Å². The molecule has 0 spiro atoms. The summed E-state index contributed by atoms with van der Waals surface area (Å²) in [6.45, 7) is 0. The summed E-state index contributed by atoms with van der Waals surface area (Å²) in [6.07, 6.45) is 0. The van der Waals surface area contributed by atoms with Crippen molar-refractivity contribution in [2.45, 2.75) is 0 Å². The van der Waals surface area contributed by atoms with Crippen molar-refractivity contribution in [2.75, 3.05) is 5.32 Å². The van der Waals surface area contributed by atoms with Crippen molar-refractivity contribution in [1.82, 2.24) is 5.32 Å². The maximum atomic E-state index is 13.0. The van der Waals surface area contributed by atoms with E-state index in [-0.39, 0.29) is 21.3 Å². The second-order valence-corrected chi connectivity index (χ2v) is 4.83. The summed E-state index contributed by atoms with van der Waals surface area (Å²) in [5.41, 5.74) is 0.209. The van der Waals surface area contributed by atoms with E-state index in [0.717, 1.165) is 6.07 Å². The van der Waals surface area contributed by atoms with Crippen LogP contribution in [0, 0.1) is 5.82 Å². The van der Waals surface area contributed by atoms with Gasteiger partial charge in [-0.15, -0.1) is 0 Å². The highest BCUT2D eigenvalue weighted by atomic mass is 35.5. The summed E-state index contributed by atoms with van der Waals surface area (Å²) < 4.78 is 13.0. The van der Waals surface area contributed by atoms with Gasteiger partial charge in [-0.3, -0.25) is 10.1 Å². The lowest BCUT2D eigenvalue weighted by Gasteiger charge is -2.09. The first-order valence-corrected chi connectivity index (χ1v) is 6.55. The standard InChI is InChI=1S/C14H9Cl2FN2O2/c15-10-5-2-6-11(16)12(10)13(20)19-14(21)18-9-4-1-3-8(17)7-9/h1-7H,(H2,18,19,20,21). The zero-order valence-corrected chi connectivity index (χ0v) is 12.0. The Kier molecular flexibility index (Phi) is 4.77. The molecular formula is C14H9Cl2FN2O2. The molecule has 0 saturated heterocycles. The molecule has 0 aliphatic carbocycles. The number of carbonyl (C=O) groups is 2. The number of carbonyl (C=O) groups excluding carboxylic acids is 2. The van der Waals surface area contributed by atoms with E-state index in [1.807, 2.05) is 0 Å². The van der Waals surface area contributed by atoms with Crippen LogP contribution in [0.15, 0.2) is 42.5 Å². The number of benzene rings is 2. The number of hydrogen-bond acceptors (Lipinski definition) is 2. The van der Waals surface area contributed by atoms with Crippen LogP contribution in [0.1, 0.15) is 10.4 Å². The molecule has 2 N–H and O–H groups in total. The van der Waals surface area contributed by atoms with Crippen molar-refractivity contribution in [3.05, 3.63) is 63.9 Å². The second-order valence-electron chi connectivity index (χ2n) is 4.02. The van der Waals surface area contributed by atoms with Crippen molar-refractivity contribution < 1.29 is 14.0 Å². The number of urea groups is 1. The molecule has 0 atom stereocenters. The first-order chi connectivity index (χ1) is 9.97. The number of imide groups is 1. The van der Waals surface area contributed by atoms with Gasteiger partial charge in [0.15, 0.2) is 0 Å². The number of hydrogen-bond donors (Lipinski definition) is 2. The summed E-state index contributed by atoms with van der Waals surface area (Å²) in [4.78, 5) is 23.6. The van der Waals surface area contributed by atoms with E-state index in [2.05, 4.69) is 10.6 Å². The summed E-state index contributed by atoms with van der Waals surface area (Å²) in [6, 6.07) is 8.98. The maximum absolute atomic E-state index is 13.0. The fraction of sp³-hybridized carbons (Fsp3) is 0. The van der Waals surface area contributed by atoms with Crippen LogP contribution in [0.25, 0.3) is 0 Å². The Bertz CT molecular complexity index is 687. The summed E-state index contributed by atoms with van der Waals surface area (Å²) in [7, 11) is 0. The molecule has 0 radical (unpaired) electrons. The van der Waals surface area contributed by atoms with Crippen LogP contribution in [0.2, 0.25) is 10.0 Å². The molecule has 0 heterocycles. The highest BCUT2D eigenvalue weighted by Crippen LogP contribution is 2.23. The number of nitrogens with one attached hydrogen (secondary N) is 2. The van der Waals surface area contributed by atoms with Crippen LogP contribution in [0.5, 0.6) is 0 Å². The topological polar surface area (TPSA) is 58.2 Å². The maximum Gasteiger partial charge on any atom is 0.326 e. The van der Waals surface area contributed by atoms with Gasteiger partial charge < -0.3 is 5.32 Å². The molecule has 0 bridgehead atoms. The average molecular weight is 327 g/mol. The molecule has 108 valence electrons. The Hall–Kier alpha value is -2.11. The summed E-state index contributed by atoms with van der Waals surface area (Å²) in [5, 5.41) is 4.64. The van der Waals surface area contributed by atoms with Crippen molar-refractivity contribution in [3.8, 4) is 0 Å². The monoisotopic (exact) mass is 326 g/mol. The molecule has 0 saturated carbocycles. The smallest absolute Gasteiger partial charge is 0.308 e. The van der Waals surface area contributed by atoms with E-state index in [0.29, 0.717) is 0 Å². The number of amides is 3. The van der Waals surface area contributed by atoms with Crippen LogP contribution in [-0.2, 0) is 0 Å². The number of rotatable bonds is 2. The lowest BCUT2D eigenvalue weighted by molar-refractivity contribution is 0.0967.